The normalized spacial score (nSPS) is 17.8. The molecule has 22 heavy (non-hydrogen) atoms. The molecule has 1 aromatic heterocycles. The zero-order valence-electron chi connectivity index (χ0n) is 12.5. The number of carbonyl (C=O) groups is 1. The molecule has 1 fully saturated rings. The molecule has 0 aliphatic carbocycles. The van der Waals surface area contributed by atoms with Crippen LogP contribution in [0.25, 0.3) is 10.8 Å². The van der Waals surface area contributed by atoms with Gasteiger partial charge in [-0.05, 0) is 12.5 Å². The van der Waals surface area contributed by atoms with E-state index in [-0.39, 0.29) is 17.9 Å². The summed E-state index contributed by atoms with van der Waals surface area (Å²) >= 11 is 0. The minimum Gasteiger partial charge on any atom is -0.381 e. The maximum atomic E-state index is 12.1. The van der Waals surface area contributed by atoms with E-state index < -0.39 is 0 Å². The summed E-state index contributed by atoms with van der Waals surface area (Å²) in [4.78, 5) is 24.2. The number of ether oxygens (including phenoxy) is 1. The van der Waals surface area contributed by atoms with Crippen molar-refractivity contribution in [1.29, 1.82) is 0 Å². The number of benzene rings is 1. The van der Waals surface area contributed by atoms with Crippen molar-refractivity contribution in [2.45, 2.75) is 12.8 Å². The van der Waals surface area contributed by atoms with Crippen LogP contribution < -0.4 is 10.9 Å². The van der Waals surface area contributed by atoms with Crippen LogP contribution in [0.5, 0.6) is 0 Å². The maximum absolute atomic E-state index is 12.1. The Balaban J connectivity index is 1.77. The second kappa shape index (κ2) is 6.27. The second-order valence-corrected chi connectivity index (χ2v) is 5.63. The Bertz CT molecular complexity index is 748. The number of aryl methyl sites for hydroxylation is 1. The Morgan fingerprint density at radius 1 is 1.41 bits per heavy atom. The van der Waals surface area contributed by atoms with E-state index in [1.165, 1.54) is 4.68 Å². The average Bonchev–Trinajstić information content (AvgIpc) is 3.04. The second-order valence-electron chi connectivity index (χ2n) is 5.63. The highest BCUT2D eigenvalue weighted by Crippen LogP contribution is 2.14. The first-order chi connectivity index (χ1) is 10.6. The van der Waals surface area contributed by atoms with E-state index in [0.717, 1.165) is 18.4 Å². The molecule has 0 bridgehead atoms. The number of nitrogens with zero attached hydrogens (tertiary/aromatic N) is 2. The Morgan fingerprint density at radius 2 is 2.18 bits per heavy atom. The van der Waals surface area contributed by atoms with Gasteiger partial charge in [0.2, 0.25) is 5.91 Å². The average molecular weight is 301 g/mol. The number of hydrogen-bond acceptors (Lipinski definition) is 4. The molecular formula is C16H19N3O3. The highest BCUT2D eigenvalue weighted by Gasteiger charge is 2.17. The molecule has 1 aliphatic heterocycles. The summed E-state index contributed by atoms with van der Waals surface area (Å²) in [5.41, 5.74) is 0.473. The van der Waals surface area contributed by atoms with Crippen LogP contribution >= 0.6 is 0 Å². The smallest absolute Gasteiger partial charge is 0.274 e. The molecule has 2 heterocycles. The van der Waals surface area contributed by atoms with Crippen molar-refractivity contribution in [3.05, 3.63) is 40.3 Å². The highest BCUT2D eigenvalue weighted by atomic mass is 16.5. The predicted octanol–water partition coefficient (Wildman–Crippen LogP) is 0.629. The molecular weight excluding hydrogens is 282 g/mol. The third-order valence-electron chi connectivity index (χ3n) is 3.97. The Morgan fingerprint density at radius 3 is 2.91 bits per heavy atom. The summed E-state index contributed by atoms with van der Waals surface area (Å²) in [5, 5.41) is 8.50. The number of amides is 1. The van der Waals surface area contributed by atoms with Crippen LogP contribution in [0, 0.1) is 5.92 Å². The van der Waals surface area contributed by atoms with Crippen LogP contribution in [-0.2, 0) is 23.0 Å². The van der Waals surface area contributed by atoms with E-state index in [0.29, 0.717) is 30.1 Å². The van der Waals surface area contributed by atoms with Crippen LogP contribution in [0.15, 0.2) is 29.1 Å². The lowest BCUT2D eigenvalue weighted by atomic mass is 10.1. The summed E-state index contributed by atoms with van der Waals surface area (Å²) in [5.74, 6) is 0.317. The number of aromatic nitrogens is 2. The fourth-order valence-electron chi connectivity index (χ4n) is 2.72. The van der Waals surface area contributed by atoms with Crippen LogP contribution in [0.4, 0.5) is 0 Å². The van der Waals surface area contributed by atoms with Crippen LogP contribution in [-0.4, -0.2) is 35.4 Å². The summed E-state index contributed by atoms with van der Waals surface area (Å²) in [7, 11) is 1.60. The Kier molecular flexibility index (Phi) is 4.20. The van der Waals surface area contributed by atoms with E-state index in [4.69, 9.17) is 4.74 Å². The molecule has 0 radical (unpaired) electrons. The van der Waals surface area contributed by atoms with Crippen LogP contribution in [0.1, 0.15) is 12.1 Å². The third-order valence-corrected chi connectivity index (χ3v) is 3.97. The van der Waals surface area contributed by atoms with Gasteiger partial charge in [0.25, 0.3) is 5.56 Å². The Hall–Kier alpha value is -2.21. The van der Waals surface area contributed by atoms with Gasteiger partial charge in [-0.3, -0.25) is 9.59 Å². The predicted molar refractivity (Wildman–Crippen MR) is 82.6 cm³/mol. The zero-order valence-corrected chi connectivity index (χ0v) is 12.5. The van der Waals surface area contributed by atoms with E-state index in [2.05, 4.69) is 10.4 Å². The molecule has 1 aliphatic rings. The zero-order chi connectivity index (χ0) is 15.5. The first kappa shape index (κ1) is 14.7. The van der Waals surface area contributed by atoms with Crippen molar-refractivity contribution < 1.29 is 9.53 Å². The van der Waals surface area contributed by atoms with Crippen molar-refractivity contribution in [2.75, 3.05) is 19.8 Å². The van der Waals surface area contributed by atoms with Crippen LogP contribution in [0.2, 0.25) is 0 Å². The summed E-state index contributed by atoms with van der Waals surface area (Å²) in [6.07, 6.45) is 1.16. The van der Waals surface area contributed by atoms with E-state index in [9.17, 15) is 9.59 Å². The van der Waals surface area contributed by atoms with Crippen LogP contribution in [0.3, 0.4) is 0 Å². The lowest BCUT2D eigenvalue weighted by molar-refractivity contribution is -0.120. The van der Waals surface area contributed by atoms with Gasteiger partial charge in [-0.1, -0.05) is 18.2 Å². The molecule has 116 valence electrons. The fraction of sp³-hybridized carbons (Fsp3) is 0.438. The minimum absolute atomic E-state index is 0.0804. The molecule has 6 nitrogen and oxygen atoms in total. The quantitative estimate of drug-likeness (QED) is 0.899. The molecule has 1 N–H and O–H groups in total. The lowest BCUT2D eigenvalue weighted by Gasteiger charge is -2.11. The molecule has 0 saturated carbocycles. The maximum Gasteiger partial charge on any atom is 0.274 e. The Labute approximate surface area is 128 Å². The molecule has 0 unspecified atom stereocenters. The third kappa shape index (κ3) is 3.01. The molecule has 6 heteroatoms. The van der Waals surface area contributed by atoms with Crippen molar-refractivity contribution in [1.82, 2.24) is 15.1 Å². The molecule has 0 spiro atoms. The van der Waals surface area contributed by atoms with Gasteiger partial charge in [0, 0.05) is 31.5 Å². The molecule has 2 aromatic rings. The van der Waals surface area contributed by atoms with Crippen molar-refractivity contribution in [3.63, 3.8) is 0 Å². The molecule has 1 saturated heterocycles. The number of fused-ring (bicyclic) bond motifs is 1. The highest BCUT2D eigenvalue weighted by molar-refractivity contribution is 5.88. The number of nitrogens with one attached hydrogen (secondary N) is 1. The summed E-state index contributed by atoms with van der Waals surface area (Å²) in [6.45, 7) is 2.11. The van der Waals surface area contributed by atoms with Gasteiger partial charge in [0.05, 0.1) is 24.1 Å². The van der Waals surface area contributed by atoms with Crippen molar-refractivity contribution in [3.8, 4) is 0 Å². The minimum atomic E-state index is -0.150. The molecule has 1 atom stereocenters. The molecule has 1 aromatic carbocycles. The number of hydrogen-bond donors (Lipinski definition) is 1. The SMILES string of the molecule is Cn1nc(CC(=O)NC[C@@H]2CCOC2)c2ccccc2c1=O. The van der Waals surface area contributed by atoms with Gasteiger partial charge in [-0.2, -0.15) is 5.10 Å². The molecule has 3 rings (SSSR count). The standard InChI is InChI=1S/C16H19N3O3/c1-19-16(21)13-5-3-2-4-12(13)14(18-19)8-15(20)17-9-11-6-7-22-10-11/h2-5,11H,6-10H2,1H3,(H,17,20)/t11-/m0/s1. The van der Waals surface area contributed by atoms with Gasteiger partial charge >= 0.3 is 0 Å². The van der Waals surface area contributed by atoms with E-state index in [1.54, 1.807) is 13.1 Å². The van der Waals surface area contributed by atoms with Crippen molar-refractivity contribution in [2.24, 2.45) is 13.0 Å². The van der Waals surface area contributed by atoms with Crippen molar-refractivity contribution >= 4 is 16.7 Å². The van der Waals surface area contributed by atoms with Gasteiger partial charge < -0.3 is 10.1 Å². The van der Waals surface area contributed by atoms with E-state index in [1.807, 2.05) is 18.2 Å². The first-order valence-electron chi connectivity index (χ1n) is 7.44. The first-order valence-corrected chi connectivity index (χ1v) is 7.44. The molecule has 1 amide bonds. The van der Waals surface area contributed by atoms with Gasteiger partial charge in [-0.15, -0.1) is 0 Å². The number of rotatable bonds is 4. The van der Waals surface area contributed by atoms with Gasteiger partial charge in [-0.25, -0.2) is 4.68 Å². The number of carbonyl (C=O) groups excluding carboxylic acids is 1. The van der Waals surface area contributed by atoms with Gasteiger partial charge in [0.15, 0.2) is 0 Å². The largest absolute Gasteiger partial charge is 0.381 e. The summed E-state index contributed by atoms with van der Waals surface area (Å²) < 4.78 is 6.58. The van der Waals surface area contributed by atoms with E-state index >= 15 is 0 Å². The monoisotopic (exact) mass is 301 g/mol. The topological polar surface area (TPSA) is 73.2 Å². The summed E-state index contributed by atoms with van der Waals surface area (Å²) in [6, 6.07) is 7.25. The lowest BCUT2D eigenvalue weighted by Crippen LogP contribution is -2.32. The van der Waals surface area contributed by atoms with Gasteiger partial charge in [0.1, 0.15) is 0 Å². The fourth-order valence-corrected chi connectivity index (χ4v) is 2.72.